The standard InChI is InChI=1S/C14H16N2O2S/c1-8(2)7-11-12(14(17)18)19-13(16-11)10-6-4-5-9(3)15-10/h4-6,8H,7H2,1-3H3,(H,17,18). The fourth-order valence-corrected chi connectivity index (χ4v) is 2.72. The average molecular weight is 276 g/mol. The number of thiazole rings is 1. The number of aromatic nitrogens is 2. The predicted octanol–water partition coefficient (Wildman–Crippen LogP) is 3.41. The lowest BCUT2D eigenvalue weighted by molar-refractivity contribution is 0.0700. The van der Waals surface area contributed by atoms with Crippen LogP contribution in [0.25, 0.3) is 10.7 Å². The summed E-state index contributed by atoms with van der Waals surface area (Å²) in [4.78, 5) is 20.4. The lowest BCUT2D eigenvalue weighted by Gasteiger charge is -2.01. The lowest BCUT2D eigenvalue weighted by atomic mass is 10.1. The second-order valence-corrected chi connectivity index (χ2v) is 5.86. The molecule has 2 aromatic heterocycles. The van der Waals surface area contributed by atoms with Gasteiger partial charge in [-0.05, 0) is 31.4 Å². The van der Waals surface area contributed by atoms with E-state index in [1.165, 1.54) is 11.3 Å². The van der Waals surface area contributed by atoms with Gasteiger partial charge in [-0.1, -0.05) is 19.9 Å². The molecule has 0 fully saturated rings. The number of nitrogens with zero attached hydrogens (tertiary/aromatic N) is 2. The monoisotopic (exact) mass is 276 g/mol. The molecule has 0 radical (unpaired) electrons. The molecule has 0 amide bonds. The normalized spacial score (nSPS) is 10.9. The zero-order chi connectivity index (χ0) is 14.0. The van der Waals surface area contributed by atoms with Crippen molar-refractivity contribution >= 4 is 17.3 Å². The number of rotatable bonds is 4. The van der Waals surface area contributed by atoms with Crippen molar-refractivity contribution in [2.75, 3.05) is 0 Å². The molecule has 100 valence electrons. The third-order valence-electron chi connectivity index (χ3n) is 2.60. The Morgan fingerprint density at radius 3 is 2.68 bits per heavy atom. The van der Waals surface area contributed by atoms with Crippen LogP contribution in [-0.4, -0.2) is 21.0 Å². The van der Waals surface area contributed by atoms with Gasteiger partial charge in [0.15, 0.2) is 0 Å². The maximum atomic E-state index is 11.3. The Hall–Kier alpha value is -1.75. The van der Waals surface area contributed by atoms with Crippen molar-refractivity contribution in [3.63, 3.8) is 0 Å². The van der Waals surface area contributed by atoms with Crippen LogP contribution in [0.4, 0.5) is 0 Å². The van der Waals surface area contributed by atoms with Crippen molar-refractivity contribution in [2.24, 2.45) is 5.92 Å². The summed E-state index contributed by atoms with van der Waals surface area (Å²) in [7, 11) is 0. The highest BCUT2D eigenvalue weighted by Gasteiger charge is 2.19. The molecule has 5 heteroatoms. The molecule has 2 heterocycles. The minimum atomic E-state index is -0.910. The highest BCUT2D eigenvalue weighted by atomic mass is 32.1. The molecule has 0 aromatic carbocycles. The van der Waals surface area contributed by atoms with Crippen molar-refractivity contribution in [1.82, 2.24) is 9.97 Å². The molecule has 0 bridgehead atoms. The third kappa shape index (κ3) is 3.17. The number of hydrogen-bond donors (Lipinski definition) is 1. The van der Waals surface area contributed by atoms with Crippen molar-refractivity contribution in [3.8, 4) is 10.7 Å². The van der Waals surface area contributed by atoms with E-state index in [-0.39, 0.29) is 0 Å². The lowest BCUT2D eigenvalue weighted by Crippen LogP contribution is -2.02. The predicted molar refractivity (Wildman–Crippen MR) is 75.6 cm³/mol. The van der Waals surface area contributed by atoms with Gasteiger partial charge >= 0.3 is 5.97 Å². The van der Waals surface area contributed by atoms with Gasteiger partial charge in [-0.3, -0.25) is 4.98 Å². The fourth-order valence-electron chi connectivity index (χ4n) is 1.82. The molecule has 0 aliphatic carbocycles. The molecule has 2 aromatic rings. The van der Waals surface area contributed by atoms with Gasteiger partial charge in [0.1, 0.15) is 9.88 Å². The largest absolute Gasteiger partial charge is 0.477 e. The van der Waals surface area contributed by atoms with E-state index in [0.717, 1.165) is 11.4 Å². The van der Waals surface area contributed by atoms with Crippen molar-refractivity contribution in [1.29, 1.82) is 0 Å². The summed E-state index contributed by atoms with van der Waals surface area (Å²) in [6.45, 7) is 6.01. The van der Waals surface area contributed by atoms with Crippen LogP contribution in [0.1, 0.15) is 34.9 Å². The van der Waals surface area contributed by atoms with Gasteiger partial charge in [0.25, 0.3) is 0 Å². The SMILES string of the molecule is Cc1cccc(-c2nc(CC(C)C)c(C(=O)O)s2)n1. The first-order valence-electron chi connectivity index (χ1n) is 6.14. The molecule has 0 spiro atoms. The highest BCUT2D eigenvalue weighted by molar-refractivity contribution is 7.17. The van der Waals surface area contributed by atoms with E-state index in [9.17, 15) is 9.90 Å². The van der Waals surface area contributed by atoms with E-state index in [1.54, 1.807) is 0 Å². The first-order valence-corrected chi connectivity index (χ1v) is 6.96. The molecular formula is C14H16N2O2S. The average Bonchev–Trinajstić information content (AvgIpc) is 2.72. The molecule has 0 atom stereocenters. The number of pyridine rings is 1. The van der Waals surface area contributed by atoms with E-state index in [4.69, 9.17) is 0 Å². The maximum Gasteiger partial charge on any atom is 0.347 e. The summed E-state index contributed by atoms with van der Waals surface area (Å²) in [6.07, 6.45) is 0.671. The molecule has 0 saturated carbocycles. The second kappa shape index (κ2) is 5.48. The first-order chi connectivity index (χ1) is 8.97. The van der Waals surface area contributed by atoms with Crippen LogP contribution in [-0.2, 0) is 6.42 Å². The van der Waals surface area contributed by atoms with Crippen LogP contribution in [0.5, 0.6) is 0 Å². The molecule has 0 aliphatic heterocycles. The summed E-state index contributed by atoms with van der Waals surface area (Å²) in [5.74, 6) is -0.537. The molecular weight excluding hydrogens is 260 g/mol. The molecule has 0 unspecified atom stereocenters. The quantitative estimate of drug-likeness (QED) is 0.929. The van der Waals surface area contributed by atoms with Crippen LogP contribution >= 0.6 is 11.3 Å². The third-order valence-corrected chi connectivity index (χ3v) is 3.71. The van der Waals surface area contributed by atoms with E-state index >= 15 is 0 Å². The summed E-state index contributed by atoms with van der Waals surface area (Å²) < 4.78 is 0. The molecule has 19 heavy (non-hydrogen) atoms. The van der Waals surface area contributed by atoms with Gasteiger partial charge < -0.3 is 5.11 Å². The van der Waals surface area contributed by atoms with E-state index in [0.29, 0.717) is 27.9 Å². The van der Waals surface area contributed by atoms with Crippen LogP contribution in [0.2, 0.25) is 0 Å². The van der Waals surface area contributed by atoms with E-state index in [2.05, 4.69) is 23.8 Å². The van der Waals surface area contributed by atoms with Gasteiger partial charge in [0.05, 0.1) is 11.4 Å². The molecule has 1 N–H and O–H groups in total. The zero-order valence-electron chi connectivity index (χ0n) is 11.2. The van der Waals surface area contributed by atoms with Crippen LogP contribution in [0, 0.1) is 12.8 Å². The smallest absolute Gasteiger partial charge is 0.347 e. The van der Waals surface area contributed by atoms with Gasteiger partial charge in [0.2, 0.25) is 0 Å². The Kier molecular flexibility index (Phi) is 3.95. The Morgan fingerprint density at radius 2 is 2.11 bits per heavy atom. The van der Waals surface area contributed by atoms with Crippen molar-refractivity contribution in [3.05, 3.63) is 34.5 Å². The second-order valence-electron chi connectivity index (χ2n) is 4.86. The summed E-state index contributed by atoms with van der Waals surface area (Å²) in [6, 6.07) is 5.67. The first kappa shape index (κ1) is 13.7. The number of hydrogen-bond acceptors (Lipinski definition) is 4. The Balaban J connectivity index is 2.45. The van der Waals surface area contributed by atoms with Crippen LogP contribution in [0.15, 0.2) is 18.2 Å². The Morgan fingerprint density at radius 1 is 1.37 bits per heavy atom. The van der Waals surface area contributed by atoms with Crippen molar-refractivity contribution in [2.45, 2.75) is 27.2 Å². The summed E-state index contributed by atoms with van der Waals surface area (Å²) in [5.41, 5.74) is 2.29. The molecule has 0 saturated heterocycles. The molecule has 0 aliphatic rings. The number of carboxylic acids is 1. The van der Waals surface area contributed by atoms with Gasteiger partial charge in [-0.15, -0.1) is 11.3 Å². The van der Waals surface area contributed by atoms with Gasteiger partial charge in [-0.2, -0.15) is 0 Å². The minimum Gasteiger partial charge on any atom is -0.477 e. The summed E-state index contributed by atoms with van der Waals surface area (Å²) >= 11 is 1.20. The molecule has 2 rings (SSSR count). The van der Waals surface area contributed by atoms with Crippen LogP contribution < -0.4 is 0 Å². The summed E-state index contributed by atoms with van der Waals surface area (Å²) in [5, 5.41) is 9.92. The van der Waals surface area contributed by atoms with E-state index < -0.39 is 5.97 Å². The minimum absolute atomic E-state index is 0.326. The van der Waals surface area contributed by atoms with Crippen molar-refractivity contribution < 1.29 is 9.90 Å². The maximum absolute atomic E-state index is 11.3. The molecule has 4 nitrogen and oxygen atoms in total. The Labute approximate surface area is 116 Å². The van der Waals surface area contributed by atoms with Gasteiger partial charge in [0, 0.05) is 5.69 Å². The number of carbonyl (C=O) groups is 1. The van der Waals surface area contributed by atoms with E-state index in [1.807, 2.05) is 25.1 Å². The zero-order valence-corrected chi connectivity index (χ0v) is 12.0. The highest BCUT2D eigenvalue weighted by Crippen LogP contribution is 2.28. The number of aryl methyl sites for hydroxylation is 1. The topological polar surface area (TPSA) is 63.1 Å². The fraction of sp³-hybridized carbons (Fsp3) is 0.357. The Bertz CT molecular complexity index is 605. The van der Waals surface area contributed by atoms with Gasteiger partial charge in [-0.25, -0.2) is 9.78 Å². The number of aromatic carboxylic acids is 1. The number of carboxylic acid groups (broad SMARTS) is 1. The van der Waals surface area contributed by atoms with Crippen LogP contribution in [0.3, 0.4) is 0 Å².